The average Bonchev–Trinajstić information content (AvgIpc) is 3.29. The lowest BCUT2D eigenvalue weighted by Gasteiger charge is -2.10. The van der Waals surface area contributed by atoms with E-state index in [2.05, 4.69) is 10.3 Å². The summed E-state index contributed by atoms with van der Waals surface area (Å²) in [7, 11) is 1.56. The topological polar surface area (TPSA) is 130 Å². The van der Waals surface area contributed by atoms with Crippen molar-refractivity contribution < 1.29 is 28.6 Å². The number of pyridine rings is 1. The lowest BCUT2D eigenvalue weighted by molar-refractivity contribution is -0.121. The number of hydrogen-bond acceptors (Lipinski definition) is 8. The molecule has 0 spiro atoms. The van der Waals surface area contributed by atoms with Crippen molar-refractivity contribution in [2.75, 3.05) is 19.0 Å². The number of thiophene rings is 1. The summed E-state index contributed by atoms with van der Waals surface area (Å²) in [5.41, 5.74) is 7.20. The molecular weight excluding hydrogens is 470 g/mol. The number of nitrogens with zero attached hydrogens (tertiary/aromatic N) is 1. The van der Waals surface area contributed by atoms with E-state index < -0.39 is 18.5 Å². The lowest BCUT2D eigenvalue weighted by atomic mass is 10.2. The number of carbonyl (C=O) groups is 3. The third kappa shape index (κ3) is 5.74. The Morgan fingerprint density at radius 1 is 1.06 bits per heavy atom. The number of amides is 2. The van der Waals surface area contributed by atoms with Crippen LogP contribution >= 0.6 is 11.3 Å². The summed E-state index contributed by atoms with van der Waals surface area (Å²) in [6, 6.07) is 13.9. The summed E-state index contributed by atoms with van der Waals surface area (Å²) in [6.07, 6.45) is 3.03. The summed E-state index contributed by atoms with van der Waals surface area (Å²) in [4.78, 5) is 39.8. The molecule has 2 heterocycles. The molecule has 0 unspecified atom stereocenters. The van der Waals surface area contributed by atoms with Crippen LogP contribution in [0.5, 0.6) is 11.5 Å². The van der Waals surface area contributed by atoms with Gasteiger partial charge in [-0.15, -0.1) is 11.3 Å². The molecule has 4 aromatic rings. The highest BCUT2D eigenvalue weighted by Crippen LogP contribution is 2.30. The first-order valence-electron chi connectivity index (χ1n) is 10.4. The molecule has 4 rings (SSSR count). The number of carbonyl (C=O) groups excluding carboxylic acids is 3. The molecule has 0 fully saturated rings. The van der Waals surface area contributed by atoms with E-state index in [0.29, 0.717) is 27.4 Å². The van der Waals surface area contributed by atoms with E-state index in [1.54, 1.807) is 61.8 Å². The zero-order chi connectivity index (χ0) is 24.8. The Morgan fingerprint density at radius 3 is 2.60 bits per heavy atom. The van der Waals surface area contributed by atoms with E-state index in [1.165, 1.54) is 17.5 Å². The van der Waals surface area contributed by atoms with E-state index in [-0.39, 0.29) is 18.1 Å². The molecule has 0 aliphatic heterocycles. The van der Waals surface area contributed by atoms with Crippen LogP contribution in [0.3, 0.4) is 0 Å². The number of methoxy groups -OCH3 is 1. The van der Waals surface area contributed by atoms with Crippen LogP contribution in [0.1, 0.15) is 26.3 Å². The van der Waals surface area contributed by atoms with Crippen LogP contribution in [0.25, 0.3) is 10.1 Å². The van der Waals surface area contributed by atoms with Gasteiger partial charge in [0.2, 0.25) is 0 Å². The molecule has 0 bridgehead atoms. The van der Waals surface area contributed by atoms with Gasteiger partial charge in [-0.3, -0.25) is 14.6 Å². The van der Waals surface area contributed by atoms with Crippen molar-refractivity contribution in [1.29, 1.82) is 0 Å². The summed E-state index contributed by atoms with van der Waals surface area (Å²) >= 11 is 1.35. The summed E-state index contributed by atoms with van der Waals surface area (Å²) in [5.74, 6) is -0.433. The van der Waals surface area contributed by atoms with Crippen molar-refractivity contribution in [1.82, 2.24) is 4.98 Å². The number of rotatable bonds is 9. The molecule has 0 saturated carbocycles. The number of aromatic nitrogens is 1. The predicted molar refractivity (Wildman–Crippen MR) is 131 cm³/mol. The highest BCUT2D eigenvalue weighted by molar-refractivity contribution is 7.17. The number of primary amides is 1. The molecule has 178 valence electrons. The number of hydrogen-bond donors (Lipinski definition) is 2. The fraction of sp³-hybridized carbons (Fsp3) is 0.120. The number of ether oxygens (including phenoxy) is 3. The van der Waals surface area contributed by atoms with Gasteiger partial charge < -0.3 is 25.3 Å². The van der Waals surface area contributed by atoms with E-state index in [4.69, 9.17) is 19.9 Å². The monoisotopic (exact) mass is 491 g/mol. The van der Waals surface area contributed by atoms with Crippen LogP contribution in [-0.2, 0) is 16.1 Å². The van der Waals surface area contributed by atoms with Crippen molar-refractivity contribution in [3.8, 4) is 11.5 Å². The van der Waals surface area contributed by atoms with Gasteiger partial charge in [0.15, 0.2) is 6.61 Å². The molecule has 2 aromatic heterocycles. The first-order valence-corrected chi connectivity index (χ1v) is 11.3. The van der Waals surface area contributed by atoms with E-state index in [9.17, 15) is 14.4 Å². The molecule has 0 radical (unpaired) electrons. The Kier molecular flexibility index (Phi) is 7.22. The predicted octanol–water partition coefficient (Wildman–Crippen LogP) is 3.78. The second-order valence-electron chi connectivity index (χ2n) is 7.37. The quantitative estimate of drug-likeness (QED) is 0.341. The second-order valence-corrected chi connectivity index (χ2v) is 8.25. The third-order valence-corrected chi connectivity index (χ3v) is 6.04. The molecular formula is C25H21N3O6S. The molecule has 9 nitrogen and oxygen atoms in total. The number of anilines is 1. The molecule has 35 heavy (non-hydrogen) atoms. The fourth-order valence-electron chi connectivity index (χ4n) is 3.24. The molecule has 3 N–H and O–H groups in total. The summed E-state index contributed by atoms with van der Waals surface area (Å²) in [6.45, 7) is -0.279. The van der Waals surface area contributed by atoms with Crippen molar-refractivity contribution in [2.24, 2.45) is 5.73 Å². The smallest absolute Gasteiger partial charge is 0.341 e. The van der Waals surface area contributed by atoms with Crippen LogP contribution in [0.15, 0.2) is 66.3 Å². The van der Waals surface area contributed by atoms with E-state index >= 15 is 0 Å². The zero-order valence-corrected chi connectivity index (χ0v) is 19.5. The Morgan fingerprint density at radius 2 is 1.86 bits per heavy atom. The molecule has 2 aromatic carbocycles. The highest BCUT2D eigenvalue weighted by atomic mass is 32.1. The minimum Gasteiger partial charge on any atom is -0.497 e. The van der Waals surface area contributed by atoms with Crippen molar-refractivity contribution in [2.45, 2.75) is 6.61 Å². The molecule has 0 aliphatic carbocycles. The maximum atomic E-state index is 12.5. The van der Waals surface area contributed by atoms with Gasteiger partial charge in [-0.05, 0) is 41.8 Å². The summed E-state index contributed by atoms with van der Waals surface area (Å²) in [5, 5.41) is 5.46. The van der Waals surface area contributed by atoms with Crippen LogP contribution in [-0.4, -0.2) is 36.5 Å². The van der Waals surface area contributed by atoms with Crippen molar-refractivity contribution in [3.63, 3.8) is 0 Å². The van der Waals surface area contributed by atoms with Gasteiger partial charge in [-0.1, -0.05) is 6.07 Å². The van der Waals surface area contributed by atoms with Gasteiger partial charge in [0.05, 0.1) is 17.4 Å². The molecule has 2 amide bonds. The summed E-state index contributed by atoms with van der Waals surface area (Å²) < 4.78 is 16.6. The molecule has 0 aliphatic rings. The van der Waals surface area contributed by atoms with Gasteiger partial charge in [0, 0.05) is 40.7 Å². The molecule has 10 heteroatoms. The fourth-order valence-corrected chi connectivity index (χ4v) is 4.27. The number of benzene rings is 2. The van der Waals surface area contributed by atoms with Crippen LogP contribution in [0, 0.1) is 0 Å². The molecule has 0 saturated heterocycles. The van der Waals surface area contributed by atoms with Gasteiger partial charge >= 0.3 is 5.97 Å². The number of fused-ring (bicyclic) bond motifs is 1. The Bertz CT molecular complexity index is 1380. The van der Waals surface area contributed by atoms with Gasteiger partial charge in [0.1, 0.15) is 18.1 Å². The Balaban J connectivity index is 1.43. The number of nitrogens with two attached hydrogens (primary N) is 1. The minimum atomic E-state index is -0.735. The molecule has 0 atom stereocenters. The number of nitrogens with one attached hydrogen (secondary N) is 1. The second kappa shape index (κ2) is 10.7. The number of esters is 1. The average molecular weight is 492 g/mol. The Hall–Kier alpha value is -4.44. The standard InChI is InChI=1S/C25H21N3O6S/c1-32-18-7-5-15(6-8-18)24(30)28-17-3-2-4-19(9-17)33-12-16-14-35-23-20(16)10-27-11-21(23)25(31)34-13-22(26)29/h2-11,14H,12-13H2,1H3,(H2,26,29)(H,28,30). The first-order chi connectivity index (χ1) is 16.9. The van der Waals surface area contributed by atoms with Crippen molar-refractivity contribution >= 4 is 44.9 Å². The minimum absolute atomic E-state index is 0.220. The van der Waals surface area contributed by atoms with E-state index in [1.807, 2.05) is 5.38 Å². The van der Waals surface area contributed by atoms with Crippen LogP contribution in [0.4, 0.5) is 5.69 Å². The Labute approximate surface area is 204 Å². The SMILES string of the molecule is COc1ccc(C(=O)Nc2cccc(OCc3csc4c(C(=O)OCC(N)=O)cncc34)c2)cc1. The maximum absolute atomic E-state index is 12.5. The van der Waals surface area contributed by atoms with Crippen LogP contribution in [0.2, 0.25) is 0 Å². The van der Waals surface area contributed by atoms with E-state index in [0.717, 1.165) is 10.9 Å². The van der Waals surface area contributed by atoms with Gasteiger partial charge in [0.25, 0.3) is 11.8 Å². The third-order valence-electron chi connectivity index (χ3n) is 4.97. The maximum Gasteiger partial charge on any atom is 0.341 e. The normalized spacial score (nSPS) is 10.5. The van der Waals surface area contributed by atoms with Crippen molar-refractivity contribution in [3.05, 3.63) is 83.0 Å². The van der Waals surface area contributed by atoms with Gasteiger partial charge in [-0.2, -0.15) is 0 Å². The van der Waals surface area contributed by atoms with Gasteiger partial charge in [-0.25, -0.2) is 4.79 Å². The largest absolute Gasteiger partial charge is 0.497 e. The lowest BCUT2D eigenvalue weighted by Crippen LogP contribution is -2.21. The van der Waals surface area contributed by atoms with Crippen LogP contribution < -0.4 is 20.5 Å². The first kappa shape index (κ1) is 23.7. The highest BCUT2D eigenvalue weighted by Gasteiger charge is 2.17. The zero-order valence-electron chi connectivity index (χ0n) is 18.6.